The van der Waals surface area contributed by atoms with E-state index in [4.69, 9.17) is 0 Å². The van der Waals surface area contributed by atoms with E-state index < -0.39 is 10.8 Å². The van der Waals surface area contributed by atoms with E-state index in [1.165, 1.54) is 0 Å². The van der Waals surface area contributed by atoms with Crippen molar-refractivity contribution in [2.75, 3.05) is 23.4 Å². The van der Waals surface area contributed by atoms with Crippen LogP contribution in [0.25, 0.3) is 0 Å². The molecule has 96 valence electrons. The lowest BCUT2D eigenvalue weighted by Crippen LogP contribution is -2.25. The van der Waals surface area contributed by atoms with Crippen LogP contribution in [0.3, 0.4) is 0 Å². The monoisotopic (exact) mass is 257 g/mol. The van der Waals surface area contributed by atoms with Crippen molar-refractivity contribution in [3.8, 4) is 0 Å². The van der Waals surface area contributed by atoms with Crippen LogP contribution in [-0.4, -0.2) is 31.8 Å². The van der Waals surface area contributed by atoms with E-state index in [-0.39, 0.29) is 5.56 Å². The summed E-state index contributed by atoms with van der Waals surface area (Å²) in [4.78, 5) is 15.9. The highest BCUT2D eigenvalue weighted by molar-refractivity contribution is 7.84. The molecule has 1 atom stereocenters. The predicted octanol–water partition coefficient (Wildman–Crippen LogP) is 0.834. The molecule has 1 unspecified atom stereocenters. The molecule has 0 radical (unpaired) electrons. The average Bonchev–Trinajstić information content (AvgIpc) is 2.33. The van der Waals surface area contributed by atoms with Crippen LogP contribution in [0.2, 0.25) is 0 Å². The lowest BCUT2D eigenvalue weighted by Gasteiger charge is -2.07. The van der Waals surface area contributed by atoms with Gasteiger partial charge in [0.05, 0.1) is 0 Å². The molecule has 17 heavy (non-hydrogen) atoms. The zero-order valence-electron chi connectivity index (χ0n) is 10.3. The van der Waals surface area contributed by atoms with Gasteiger partial charge in [0.25, 0.3) is 5.56 Å². The maximum absolute atomic E-state index is 11.9. The lowest BCUT2D eigenvalue weighted by molar-refractivity contribution is 0.649. The van der Waals surface area contributed by atoms with Crippen LogP contribution in [0.15, 0.2) is 17.2 Å². The fourth-order valence-electron chi connectivity index (χ4n) is 1.41. The molecule has 0 saturated carbocycles. The van der Waals surface area contributed by atoms with Crippen molar-refractivity contribution in [3.05, 3.63) is 22.7 Å². The first-order valence-electron chi connectivity index (χ1n) is 5.83. The van der Waals surface area contributed by atoms with Gasteiger partial charge in [-0.15, -0.1) is 0 Å². The van der Waals surface area contributed by atoms with Gasteiger partial charge in [0.1, 0.15) is 0 Å². The molecule has 1 aromatic heterocycles. The highest BCUT2D eigenvalue weighted by Gasteiger charge is 2.04. The Morgan fingerprint density at radius 1 is 1.47 bits per heavy atom. The smallest absolute Gasteiger partial charge is 0.293 e. The second kappa shape index (κ2) is 7.21. The molecule has 0 spiro atoms. The first kappa shape index (κ1) is 13.9. The Labute approximate surface area is 104 Å². The minimum atomic E-state index is -0.815. The van der Waals surface area contributed by atoms with Crippen LogP contribution in [-0.2, 0) is 17.3 Å². The summed E-state index contributed by atoms with van der Waals surface area (Å²) in [6.07, 6.45) is 4.20. The predicted molar refractivity (Wildman–Crippen MR) is 70.8 cm³/mol. The van der Waals surface area contributed by atoms with Gasteiger partial charge < -0.3 is 9.88 Å². The maximum atomic E-state index is 11.9. The minimum Gasteiger partial charge on any atom is -0.365 e. The van der Waals surface area contributed by atoms with Gasteiger partial charge in [0, 0.05) is 47.8 Å². The van der Waals surface area contributed by atoms with Crippen molar-refractivity contribution in [1.29, 1.82) is 0 Å². The average molecular weight is 257 g/mol. The maximum Gasteiger partial charge on any atom is 0.293 e. The van der Waals surface area contributed by atoms with E-state index in [0.29, 0.717) is 30.4 Å². The Kier molecular flexibility index (Phi) is 5.90. The van der Waals surface area contributed by atoms with E-state index in [1.54, 1.807) is 17.0 Å². The largest absolute Gasteiger partial charge is 0.365 e. The molecule has 0 aromatic carbocycles. The SMILES string of the molecule is CCCn1ccnc(NCCS(=O)CC)c1=O. The summed E-state index contributed by atoms with van der Waals surface area (Å²) in [5.41, 5.74) is -0.114. The second-order valence-corrected chi connectivity index (χ2v) is 5.50. The molecule has 0 amide bonds. The Morgan fingerprint density at radius 3 is 2.88 bits per heavy atom. The quantitative estimate of drug-likeness (QED) is 0.786. The normalized spacial score (nSPS) is 12.4. The van der Waals surface area contributed by atoms with Crippen LogP contribution in [0, 0.1) is 0 Å². The molecule has 0 aliphatic carbocycles. The topological polar surface area (TPSA) is 64.0 Å². The number of aromatic nitrogens is 2. The van der Waals surface area contributed by atoms with Gasteiger partial charge in [-0.1, -0.05) is 13.8 Å². The third-order valence-electron chi connectivity index (χ3n) is 2.32. The van der Waals surface area contributed by atoms with Gasteiger partial charge in [-0.25, -0.2) is 4.98 Å². The molecule has 1 rings (SSSR count). The first-order valence-corrected chi connectivity index (χ1v) is 7.32. The van der Waals surface area contributed by atoms with E-state index in [1.807, 2.05) is 13.8 Å². The number of hydrogen-bond acceptors (Lipinski definition) is 4. The van der Waals surface area contributed by atoms with E-state index >= 15 is 0 Å². The molecular formula is C11H19N3O2S. The molecule has 0 bridgehead atoms. The molecule has 1 N–H and O–H groups in total. The van der Waals surface area contributed by atoms with Gasteiger partial charge in [-0.3, -0.25) is 9.00 Å². The number of hydrogen-bond donors (Lipinski definition) is 1. The van der Waals surface area contributed by atoms with E-state index in [0.717, 1.165) is 6.42 Å². The summed E-state index contributed by atoms with van der Waals surface area (Å²) in [6, 6.07) is 0. The molecule has 5 nitrogen and oxygen atoms in total. The fraction of sp³-hybridized carbons (Fsp3) is 0.636. The molecule has 0 aliphatic rings. The van der Waals surface area contributed by atoms with Crippen LogP contribution in [0.1, 0.15) is 20.3 Å². The van der Waals surface area contributed by atoms with Crippen LogP contribution in [0.5, 0.6) is 0 Å². The number of anilines is 1. The van der Waals surface area contributed by atoms with Crippen LogP contribution < -0.4 is 10.9 Å². The van der Waals surface area contributed by atoms with E-state index in [9.17, 15) is 9.00 Å². The Bertz CT molecular complexity index is 431. The van der Waals surface area contributed by atoms with Crippen molar-refractivity contribution in [2.24, 2.45) is 0 Å². The highest BCUT2D eigenvalue weighted by Crippen LogP contribution is 1.94. The fourth-order valence-corrected chi connectivity index (χ4v) is 2.03. The molecular weight excluding hydrogens is 238 g/mol. The molecule has 0 fully saturated rings. The van der Waals surface area contributed by atoms with Gasteiger partial charge >= 0.3 is 0 Å². The van der Waals surface area contributed by atoms with Gasteiger partial charge in [-0.2, -0.15) is 0 Å². The minimum absolute atomic E-state index is 0.114. The third kappa shape index (κ3) is 4.30. The van der Waals surface area contributed by atoms with Gasteiger partial charge in [0.15, 0.2) is 5.82 Å². The highest BCUT2D eigenvalue weighted by atomic mass is 32.2. The van der Waals surface area contributed by atoms with Gasteiger partial charge in [-0.05, 0) is 6.42 Å². The van der Waals surface area contributed by atoms with Crippen molar-refractivity contribution in [3.63, 3.8) is 0 Å². The van der Waals surface area contributed by atoms with Crippen molar-refractivity contribution in [1.82, 2.24) is 9.55 Å². The third-order valence-corrected chi connectivity index (χ3v) is 3.63. The van der Waals surface area contributed by atoms with E-state index in [2.05, 4.69) is 10.3 Å². The number of aryl methyl sites for hydroxylation is 1. The number of nitrogens with zero attached hydrogens (tertiary/aromatic N) is 2. The molecule has 1 aromatic rings. The van der Waals surface area contributed by atoms with Crippen molar-refractivity contribution < 1.29 is 4.21 Å². The number of nitrogens with one attached hydrogen (secondary N) is 1. The van der Waals surface area contributed by atoms with Crippen molar-refractivity contribution >= 4 is 16.6 Å². The lowest BCUT2D eigenvalue weighted by atomic mass is 10.4. The molecule has 0 aliphatic heterocycles. The van der Waals surface area contributed by atoms with Crippen LogP contribution in [0.4, 0.5) is 5.82 Å². The standard InChI is InChI=1S/C11H19N3O2S/c1-3-7-14-8-5-12-10(11(14)15)13-6-9-17(16)4-2/h5,8H,3-4,6-7,9H2,1-2H3,(H,12,13). The summed E-state index contributed by atoms with van der Waals surface area (Å²) in [5, 5.41) is 2.94. The molecule has 1 heterocycles. The summed E-state index contributed by atoms with van der Waals surface area (Å²) in [6.45, 7) is 5.10. The summed E-state index contributed by atoms with van der Waals surface area (Å²) < 4.78 is 12.9. The zero-order valence-corrected chi connectivity index (χ0v) is 11.1. The second-order valence-electron chi connectivity index (χ2n) is 3.63. The first-order chi connectivity index (χ1) is 8.19. The Morgan fingerprint density at radius 2 is 2.24 bits per heavy atom. The molecule has 6 heteroatoms. The number of rotatable bonds is 7. The van der Waals surface area contributed by atoms with Crippen LogP contribution >= 0.6 is 0 Å². The van der Waals surface area contributed by atoms with Gasteiger partial charge in [0.2, 0.25) is 0 Å². The zero-order chi connectivity index (χ0) is 12.7. The van der Waals surface area contributed by atoms with Crippen molar-refractivity contribution in [2.45, 2.75) is 26.8 Å². The summed E-state index contributed by atoms with van der Waals surface area (Å²) in [5.74, 6) is 1.53. The Balaban J connectivity index is 2.62. The summed E-state index contributed by atoms with van der Waals surface area (Å²) in [7, 11) is -0.815. The summed E-state index contributed by atoms with van der Waals surface area (Å²) >= 11 is 0. The molecule has 0 saturated heterocycles. The Hall–Kier alpha value is -1.17.